The van der Waals surface area contributed by atoms with Crippen LogP contribution in [0.4, 0.5) is 0 Å². The molecule has 1 aromatic rings. The highest BCUT2D eigenvalue weighted by atomic mass is 79.9. The van der Waals surface area contributed by atoms with Crippen LogP contribution in [0.2, 0.25) is 0 Å². The van der Waals surface area contributed by atoms with Crippen molar-refractivity contribution in [3.63, 3.8) is 0 Å². The largest absolute Gasteiger partial charge is 0.340 e. The van der Waals surface area contributed by atoms with Gasteiger partial charge in [0.05, 0.1) is 6.04 Å². The number of carbonyl (C=O) groups is 1. The molecule has 0 aliphatic heterocycles. The quantitative estimate of drug-likeness (QED) is 0.910. The molecule has 0 saturated carbocycles. The second-order valence-electron chi connectivity index (χ2n) is 3.57. The van der Waals surface area contributed by atoms with Crippen LogP contribution in [0.15, 0.2) is 28.7 Å². The third-order valence-corrected chi connectivity index (χ3v) is 2.90. The summed E-state index contributed by atoms with van der Waals surface area (Å²) in [4.78, 5) is 13.2. The Kier molecular flexibility index (Phi) is 4.29. The average Bonchev–Trinajstić information content (AvgIpc) is 2.20. The van der Waals surface area contributed by atoms with E-state index in [1.807, 2.05) is 24.3 Å². The summed E-state index contributed by atoms with van der Waals surface area (Å²) in [7, 11) is 1.76. The zero-order valence-corrected chi connectivity index (χ0v) is 10.5. The van der Waals surface area contributed by atoms with Gasteiger partial charge in [0, 0.05) is 18.1 Å². The van der Waals surface area contributed by atoms with Crippen LogP contribution in [0.3, 0.4) is 0 Å². The summed E-state index contributed by atoms with van der Waals surface area (Å²) in [6, 6.07) is 7.39. The van der Waals surface area contributed by atoms with Crippen LogP contribution in [0.5, 0.6) is 0 Å². The van der Waals surface area contributed by atoms with Gasteiger partial charge in [-0.3, -0.25) is 4.79 Å². The molecule has 4 heteroatoms. The molecule has 0 saturated heterocycles. The van der Waals surface area contributed by atoms with Gasteiger partial charge in [-0.15, -0.1) is 0 Å². The van der Waals surface area contributed by atoms with Gasteiger partial charge >= 0.3 is 0 Å². The summed E-state index contributed by atoms with van der Waals surface area (Å²) >= 11 is 3.44. The van der Waals surface area contributed by atoms with Gasteiger partial charge in [-0.2, -0.15) is 0 Å². The van der Waals surface area contributed by atoms with E-state index in [0.717, 1.165) is 10.0 Å². The minimum absolute atomic E-state index is 0.0502. The smallest absolute Gasteiger partial charge is 0.239 e. The number of hydrogen-bond acceptors (Lipinski definition) is 2. The van der Waals surface area contributed by atoms with E-state index < -0.39 is 6.04 Å². The average molecular weight is 271 g/mol. The van der Waals surface area contributed by atoms with Crippen molar-refractivity contribution in [2.75, 3.05) is 7.05 Å². The molecule has 0 unspecified atom stereocenters. The maximum absolute atomic E-state index is 11.5. The molecule has 3 nitrogen and oxygen atoms in total. The number of likely N-dealkylation sites (N-methyl/N-ethyl adjacent to an activating group) is 1. The summed E-state index contributed by atoms with van der Waals surface area (Å²) < 4.78 is 1.01. The molecule has 1 rings (SSSR count). The zero-order valence-electron chi connectivity index (χ0n) is 8.90. The number of benzene rings is 1. The first-order valence-corrected chi connectivity index (χ1v) is 5.55. The molecule has 0 aliphatic rings. The number of hydrogen-bond donors (Lipinski definition) is 1. The maximum Gasteiger partial charge on any atom is 0.239 e. The SMILES string of the molecule is C[C@H](N)C(=O)N(C)Cc1ccccc1Br. The van der Waals surface area contributed by atoms with Crippen molar-refractivity contribution in [1.29, 1.82) is 0 Å². The van der Waals surface area contributed by atoms with Gasteiger partial charge in [-0.1, -0.05) is 34.1 Å². The molecule has 1 atom stereocenters. The molecular formula is C11H15BrN2O. The van der Waals surface area contributed by atoms with Crippen LogP contribution in [-0.4, -0.2) is 23.9 Å². The van der Waals surface area contributed by atoms with E-state index in [2.05, 4.69) is 15.9 Å². The van der Waals surface area contributed by atoms with Crippen molar-refractivity contribution < 1.29 is 4.79 Å². The summed E-state index contributed by atoms with van der Waals surface area (Å²) in [6.45, 7) is 2.26. The van der Waals surface area contributed by atoms with Crippen LogP contribution in [0, 0.1) is 0 Å². The monoisotopic (exact) mass is 270 g/mol. The van der Waals surface area contributed by atoms with E-state index in [-0.39, 0.29) is 5.91 Å². The van der Waals surface area contributed by atoms with E-state index in [0.29, 0.717) is 6.54 Å². The Balaban J connectivity index is 2.71. The molecule has 0 fully saturated rings. The first-order chi connectivity index (χ1) is 7.02. The molecule has 2 N–H and O–H groups in total. The highest BCUT2D eigenvalue weighted by Gasteiger charge is 2.14. The zero-order chi connectivity index (χ0) is 11.4. The Morgan fingerprint density at radius 3 is 2.67 bits per heavy atom. The lowest BCUT2D eigenvalue weighted by atomic mass is 10.2. The van der Waals surface area contributed by atoms with Crippen LogP contribution in [0.1, 0.15) is 12.5 Å². The maximum atomic E-state index is 11.5. The molecule has 0 spiro atoms. The number of halogens is 1. The highest BCUT2D eigenvalue weighted by Crippen LogP contribution is 2.17. The molecule has 0 heterocycles. The molecule has 0 bridgehead atoms. The van der Waals surface area contributed by atoms with Gasteiger partial charge in [0.15, 0.2) is 0 Å². The van der Waals surface area contributed by atoms with Crippen molar-refractivity contribution in [2.24, 2.45) is 5.73 Å². The second-order valence-corrected chi connectivity index (χ2v) is 4.43. The van der Waals surface area contributed by atoms with Crippen molar-refractivity contribution in [3.05, 3.63) is 34.3 Å². The van der Waals surface area contributed by atoms with Gasteiger partial charge in [0.25, 0.3) is 0 Å². The highest BCUT2D eigenvalue weighted by molar-refractivity contribution is 9.10. The van der Waals surface area contributed by atoms with Crippen LogP contribution >= 0.6 is 15.9 Å². The van der Waals surface area contributed by atoms with E-state index in [4.69, 9.17) is 5.73 Å². The predicted molar refractivity (Wildman–Crippen MR) is 64.3 cm³/mol. The van der Waals surface area contributed by atoms with Crippen LogP contribution in [-0.2, 0) is 11.3 Å². The molecule has 1 amide bonds. The minimum Gasteiger partial charge on any atom is -0.340 e. The molecule has 0 radical (unpaired) electrons. The van der Waals surface area contributed by atoms with Gasteiger partial charge < -0.3 is 10.6 Å². The predicted octanol–water partition coefficient (Wildman–Crippen LogP) is 1.75. The molecular weight excluding hydrogens is 256 g/mol. The van der Waals surface area contributed by atoms with Gasteiger partial charge in [-0.05, 0) is 18.6 Å². The van der Waals surface area contributed by atoms with E-state index in [1.165, 1.54) is 0 Å². The first-order valence-electron chi connectivity index (χ1n) is 4.76. The lowest BCUT2D eigenvalue weighted by Crippen LogP contribution is -2.39. The van der Waals surface area contributed by atoms with Gasteiger partial charge in [0.2, 0.25) is 5.91 Å². The van der Waals surface area contributed by atoms with Crippen molar-refractivity contribution in [2.45, 2.75) is 19.5 Å². The third kappa shape index (κ3) is 3.32. The Hall–Kier alpha value is -0.870. The minimum atomic E-state index is -0.447. The fraction of sp³-hybridized carbons (Fsp3) is 0.364. The van der Waals surface area contributed by atoms with Gasteiger partial charge in [-0.25, -0.2) is 0 Å². The Labute approximate surface area is 98.4 Å². The normalized spacial score (nSPS) is 12.3. The number of amides is 1. The molecule has 0 aliphatic carbocycles. The summed E-state index contributed by atoms with van der Waals surface area (Å²) in [5, 5.41) is 0. The van der Waals surface area contributed by atoms with Crippen molar-refractivity contribution in [3.8, 4) is 0 Å². The second kappa shape index (κ2) is 5.28. The first kappa shape index (κ1) is 12.2. The number of rotatable bonds is 3. The fourth-order valence-electron chi connectivity index (χ4n) is 1.31. The molecule has 0 aromatic heterocycles. The Bertz CT molecular complexity index is 352. The Morgan fingerprint density at radius 2 is 2.13 bits per heavy atom. The number of nitrogens with two attached hydrogens (primary N) is 1. The van der Waals surface area contributed by atoms with Crippen molar-refractivity contribution >= 4 is 21.8 Å². The molecule has 82 valence electrons. The lowest BCUT2D eigenvalue weighted by molar-refractivity contribution is -0.131. The third-order valence-electron chi connectivity index (χ3n) is 2.13. The molecule has 1 aromatic carbocycles. The topological polar surface area (TPSA) is 46.3 Å². The van der Waals surface area contributed by atoms with Crippen LogP contribution < -0.4 is 5.73 Å². The van der Waals surface area contributed by atoms with E-state index >= 15 is 0 Å². The number of nitrogens with zero attached hydrogens (tertiary/aromatic N) is 1. The van der Waals surface area contributed by atoms with E-state index in [9.17, 15) is 4.79 Å². The standard InChI is InChI=1S/C11H15BrN2O/c1-8(13)11(15)14(2)7-9-5-3-4-6-10(9)12/h3-6,8H,7,13H2,1-2H3/t8-/m0/s1. The Morgan fingerprint density at radius 1 is 1.53 bits per heavy atom. The van der Waals surface area contributed by atoms with Crippen molar-refractivity contribution in [1.82, 2.24) is 4.90 Å². The van der Waals surface area contributed by atoms with E-state index in [1.54, 1.807) is 18.9 Å². The lowest BCUT2D eigenvalue weighted by Gasteiger charge is -2.19. The van der Waals surface area contributed by atoms with Gasteiger partial charge in [0.1, 0.15) is 0 Å². The fourth-order valence-corrected chi connectivity index (χ4v) is 1.72. The number of carbonyl (C=O) groups excluding carboxylic acids is 1. The summed E-state index contributed by atoms with van der Waals surface area (Å²) in [6.07, 6.45) is 0. The molecule has 15 heavy (non-hydrogen) atoms. The van der Waals surface area contributed by atoms with Crippen LogP contribution in [0.25, 0.3) is 0 Å². The summed E-state index contributed by atoms with van der Waals surface area (Å²) in [5.74, 6) is -0.0502. The summed E-state index contributed by atoms with van der Waals surface area (Å²) in [5.41, 5.74) is 6.60.